The van der Waals surface area contributed by atoms with Crippen molar-refractivity contribution in [3.63, 3.8) is 0 Å². The lowest BCUT2D eigenvalue weighted by Gasteiger charge is -2.16. The van der Waals surface area contributed by atoms with Crippen molar-refractivity contribution >= 4 is 11.6 Å². The first-order valence-corrected chi connectivity index (χ1v) is 5.84. The topological polar surface area (TPSA) is 29.5 Å². The van der Waals surface area contributed by atoms with Crippen LogP contribution in [-0.2, 0) is 4.79 Å². The molecule has 3 nitrogen and oxygen atoms in total. The monoisotopic (exact) mass is 231 g/mol. The molecule has 1 fully saturated rings. The standard InChI is InChI=1S/C14H17NO2/c1-11(2)10-17-13-7-5-12(6-8-13)15-9-3-4-14(15)16/h5-8H,1,3-4,9-10H2,2H3. The summed E-state index contributed by atoms with van der Waals surface area (Å²) in [4.78, 5) is 13.4. The van der Waals surface area contributed by atoms with Gasteiger partial charge in [-0.3, -0.25) is 4.79 Å². The van der Waals surface area contributed by atoms with Crippen LogP contribution in [0.15, 0.2) is 36.4 Å². The molecular formula is C14H17NO2. The summed E-state index contributed by atoms with van der Waals surface area (Å²) in [5, 5.41) is 0. The summed E-state index contributed by atoms with van der Waals surface area (Å²) in [6.07, 6.45) is 1.61. The van der Waals surface area contributed by atoms with Crippen LogP contribution < -0.4 is 9.64 Å². The molecule has 0 spiro atoms. The lowest BCUT2D eigenvalue weighted by atomic mass is 10.3. The lowest BCUT2D eigenvalue weighted by Crippen LogP contribution is -2.23. The number of hydrogen-bond acceptors (Lipinski definition) is 2. The smallest absolute Gasteiger partial charge is 0.227 e. The zero-order chi connectivity index (χ0) is 12.3. The third-order valence-electron chi connectivity index (χ3n) is 2.71. The van der Waals surface area contributed by atoms with Gasteiger partial charge < -0.3 is 9.64 Å². The maximum atomic E-state index is 11.6. The molecule has 1 heterocycles. The van der Waals surface area contributed by atoms with E-state index in [1.807, 2.05) is 36.1 Å². The molecule has 1 aliphatic rings. The minimum absolute atomic E-state index is 0.209. The van der Waals surface area contributed by atoms with Crippen LogP contribution in [0.5, 0.6) is 5.75 Å². The number of ether oxygens (including phenoxy) is 1. The summed E-state index contributed by atoms with van der Waals surface area (Å²) in [7, 11) is 0. The second-order valence-electron chi connectivity index (χ2n) is 4.39. The maximum absolute atomic E-state index is 11.6. The third kappa shape index (κ3) is 2.87. The zero-order valence-corrected chi connectivity index (χ0v) is 10.1. The largest absolute Gasteiger partial charge is 0.489 e. The zero-order valence-electron chi connectivity index (χ0n) is 10.1. The van der Waals surface area contributed by atoms with Gasteiger partial charge in [-0.15, -0.1) is 0 Å². The molecule has 0 N–H and O–H groups in total. The van der Waals surface area contributed by atoms with Crippen molar-refractivity contribution in [2.24, 2.45) is 0 Å². The van der Waals surface area contributed by atoms with Crippen molar-refractivity contribution in [3.8, 4) is 5.75 Å². The van der Waals surface area contributed by atoms with Gasteiger partial charge in [0.05, 0.1) is 0 Å². The van der Waals surface area contributed by atoms with Crippen LogP contribution in [0.1, 0.15) is 19.8 Å². The molecule has 0 unspecified atom stereocenters. The molecule has 17 heavy (non-hydrogen) atoms. The first kappa shape index (κ1) is 11.7. The van der Waals surface area contributed by atoms with Crippen LogP contribution in [0.3, 0.4) is 0 Å². The maximum Gasteiger partial charge on any atom is 0.227 e. The predicted molar refractivity (Wildman–Crippen MR) is 68.3 cm³/mol. The Kier molecular flexibility index (Phi) is 3.47. The number of hydrogen-bond donors (Lipinski definition) is 0. The van der Waals surface area contributed by atoms with E-state index in [2.05, 4.69) is 6.58 Å². The second kappa shape index (κ2) is 5.04. The Hall–Kier alpha value is -1.77. The Labute approximate surface area is 102 Å². The van der Waals surface area contributed by atoms with E-state index in [0.29, 0.717) is 13.0 Å². The fourth-order valence-electron chi connectivity index (χ4n) is 1.85. The third-order valence-corrected chi connectivity index (χ3v) is 2.71. The van der Waals surface area contributed by atoms with Crippen LogP contribution in [0, 0.1) is 0 Å². The van der Waals surface area contributed by atoms with E-state index in [1.165, 1.54) is 0 Å². The van der Waals surface area contributed by atoms with Crippen molar-refractivity contribution in [1.82, 2.24) is 0 Å². The number of amides is 1. The molecule has 0 bridgehead atoms. The number of carbonyl (C=O) groups is 1. The van der Waals surface area contributed by atoms with Gasteiger partial charge in [-0.1, -0.05) is 6.58 Å². The normalized spacial score (nSPS) is 15.1. The average Bonchev–Trinajstić information content (AvgIpc) is 2.73. The van der Waals surface area contributed by atoms with Crippen molar-refractivity contribution in [1.29, 1.82) is 0 Å². The molecule has 1 saturated heterocycles. The van der Waals surface area contributed by atoms with Crippen LogP contribution in [0.2, 0.25) is 0 Å². The molecular weight excluding hydrogens is 214 g/mol. The number of rotatable bonds is 4. The van der Waals surface area contributed by atoms with Crippen LogP contribution >= 0.6 is 0 Å². The minimum atomic E-state index is 0.209. The molecule has 0 saturated carbocycles. The molecule has 0 atom stereocenters. The molecule has 90 valence electrons. The summed E-state index contributed by atoms with van der Waals surface area (Å²) >= 11 is 0. The average molecular weight is 231 g/mol. The van der Waals surface area contributed by atoms with Crippen LogP contribution in [0.25, 0.3) is 0 Å². The van der Waals surface area contributed by atoms with Gasteiger partial charge in [0.15, 0.2) is 0 Å². The molecule has 3 heteroatoms. The second-order valence-corrected chi connectivity index (χ2v) is 4.39. The Morgan fingerprint density at radius 1 is 1.41 bits per heavy atom. The molecule has 1 aromatic carbocycles. The highest BCUT2D eigenvalue weighted by atomic mass is 16.5. The molecule has 0 aliphatic carbocycles. The number of nitrogens with zero attached hydrogens (tertiary/aromatic N) is 1. The van der Waals surface area contributed by atoms with Gasteiger partial charge in [-0.05, 0) is 43.2 Å². The van der Waals surface area contributed by atoms with Gasteiger partial charge in [0, 0.05) is 18.7 Å². The summed E-state index contributed by atoms with van der Waals surface area (Å²) in [6, 6.07) is 7.64. The number of benzene rings is 1. The van der Waals surface area contributed by atoms with Gasteiger partial charge in [-0.2, -0.15) is 0 Å². The van der Waals surface area contributed by atoms with E-state index in [0.717, 1.165) is 30.0 Å². The van der Waals surface area contributed by atoms with Crippen molar-refractivity contribution in [2.75, 3.05) is 18.1 Å². The molecule has 0 aromatic heterocycles. The molecule has 0 radical (unpaired) electrons. The molecule has 1 amide bonds. The van der Waals surface area contributed by atoms with Crippen LogP contribution in [0.4, 0.5) is 5.69 Å². The number of carbonyl (C=O) groups excluding carboxylic acids is 1. The van der Waals surface area contributed by atoms with Gasteiger partial charge >= 0.3 is 0 Å². The SMILES string of the molecule is C=C(C)COc1ccc(N2CCCC2=O)cc1. The van der Waals surface area contributed by atoms with Gasteiger partial charge in [0.25, 0.3) is 0 Å². The van der Waals surface area contributed by atoms with E-state index in [-0.39, 0.29) is 5.91 Å². The highest BCUT2D eigenvalue weighted by Crippen LogP contribution is 2.23. The van der Waals surface area contributed by atoms with Gasteiger partial charge in [-0.25, -0.2) is 0 Å². The quantitative estimate of drug-likeness (QED) is 0.746. The van der Waals surface area contributed by atoms with Gasteiger partial charge in [0.2, 0.25) is 5.91 Å². The van der Waals surface area contributed by atoms with E-state index in [4.69, 9.17) is 4.74 Å². The first-order chi connectivity index (χ1) is 8.16. The summed E-state index contributed by atoms with van der Waals surface area (Å²) < 4.78 is 5.51. The van der Waals surface area contributed by atoms with E-state index >= 15 is 0 Å². The Balaban J connectivity index is 2.02. The molecule has 1 aromatic rings. The fraction of sp³-hybridized carbons (Fsp3) is 0.357. The highest BCUT2D eigenvalue weighted by Gasteiger charge is 2.21. The number of anilines is 1. The fourth-order valence-corrected chi connectivity index (χ4v) is 1.85. The molecule has 1 aliphatic heterocycles. The van der Waals surface area contributed by atoms with Crippen molar-refractivity contribution in [2.45, 2.75) is 19.8 Å². The minimum Gasteiger partial charge on any atom is -0.489 e. The Morgan fingerprint density at radius 2 is 2.12 bits per heavy atom. The highest BCUT2D eigenvalue weighted by molar-refractivity contribution is 5.95. The Bertz CT molecular complexity index is 422. The van der Waals surface area contributed by atoms with E-state index < -0.39 is 0 Å². The van der Waals surface area contributed by atoms with Gasteiger partial charge in [0.1, 0.15) is 12.4 Å². The van der Waals surface area contributed by atoms with E-state index in [9.17, 15) is 4.79 Å². The lowest BCUT2D eigenvalue weighted by molar-refractivity contribution is -0.117. The van der Waals surface area contributed by atoms with E-state index in [1.54, 1.807) is 0 Å². The van der Waals surface area contributed by atoms with Crippen molar-refractivity contribution < 1.29 is 9.53 Å². The summed E-state index contributed by atoms with van der Waals surface area (Å²) in [5.74, 6) is 1.02. The summed E-state index contributed by atoms with van der Waals surface area (Å²) in [6.45, 7) is 7.06. The predicted octanol–water partition coefficient (Wildman–Crippen LogP) is 2.77. The van der Waals surface area contributed by atoms with Crippen molar-refractivity contribution in [3.05, 3.63) is 36.4 Å². The first-order valence-electron chi connectivity index (χ1n) is 5.84. The summed E-state index contributed by atoms with van der Waals surface area (Å²) in [5.41, 5.74) is 1.94. The Morgan fingerprint density at radius 3 is 2.65 bits per heavy atom. The molecule has 2 rings (SSSR count). The van der Waals surface area contributed by atoms with Crippen LogP contribution in [-0.4, -0.2) is 19.1 Å².